The molecule has 132 valence electrons. The Bertz CT molecular complexity index is 1040. The highest BCUT2D eigenvalue weighted by molar-refractivity contribution is 5.96. The van der Waals surface area contributed by atoms with Gasteiger partial charge in [0.15, 0.2) is 17.4 Å². The number of aryl methyl sites for hydroxylation is 1. The number of imidazole rings is 1. The van der Waals surface area contributed by atoms with E-state index in [1.165, 1.54) is 28.2 Å². The van der Waals surface area contributed by atoms with E-state index >= 15 is 0 Å². The molecule has 4 rings (SSSR count). The molecule has 1 aliphatic heterocycles. The molecule has 1 aromatic heterocycles. The molecular weight excluding hydrogens is 328 g/mol. The first-order chi connectivity index (χ1) is 12.4. The normalized spacial score (nSPS) is 14.0. The molecule has 1 aliphatic rings. The van der Waals surface area contributed by atoms with Crippen LogP contribution in [0.3, 0.4) is 0 Å². The molecular formula is C20H20N4O2. The highest BCUT2D eigenvalue weighted by Crippen LogP contribution is 2.27. The van der Waals surface area contributed by atoms with Crippen molar-refractivity contribution >= 4 is 28.4 Å². The first kappa shape index (κ1) is 16.3. The Morgan fingerprint density at radius 3 is 2.85 bits per heavy atom. The molecule has 2 heterocycles. The SMILES string of the molecule is CC(=O)c1nc2c([nH]1)CN(Cc1ccc3c(C)cccc3c1)C(=O)N2C. The fraction of sp³-hybridized carbons (Fsp3) is 0.250. The number of aromatic nitrogens is 2. The third kappa shape index (κ3) is 2.63. The van der Waals surface area contributed by atoms with Crippen molar-refractivity contribution < 1.29 is 9.59 Å². The van der Waals surface area contributed by atoms with Crippen LogP contribution >= 0.6 is 0 Å². The molecule has 0 bridgehead atoms. The summed E-state index contributed by atoms with van der Waals surface area (Å²) in [6.07, 6.45) is 0. The molecule has 0 saturated heterocycles. The van der Waals surface area contributed by atoms with Gasteiger partial charge in [-0.3, -0.25) is 9.69 Å². The van der Waals surface area contributed by atoms with Crippen molar-refractivity contribution in [3.05, 3.63) is 59.0 Å². The summed E-state index contributed by atoms with van der Waals surface area (Å²) in [6, 6.07) is 12.4. The van der Waals surface area contributed by atoms with Gasteiger partial charge in [-0.1, -0.05) is 30.3 Å². The number of Topliss-reactive ketones (excluding diaryl/α,β-unsaturated/α-hetero) is 1. The molecule has 26 heavy (non-hydrogen) atoms. The Labute approximate surface area is 151 Å². The van der Waals surface area contributed by atoms with Crippen LogP contribution in [0.4, 0.5) is 10.6 Å². The molecule has 0 radical (unpaired) electrons. The maximum absolute atomic E-state index is 12.7. The second-order valence-corrected chi connectivity index (χ2v) is 6.77. The molecule has 0 fully saturated rings. The summed E-state index contributed by atoms with van der Waals surface area (Å²) in [7, 11) is 1.68. The molecule has 2 amide bonds. The zero-order valence-electron chi connectivity index (χ0n) is 15.0. The zero-order valence-corrected chi connectivity index (χ0v) is 15.0. The summed E-state index contributed by atoms with van der Waals surface area (Å²) in [5.74, 6) is 0.681. The third-order valence-corrected chi connectivity index (χ3v) is 4.85. The lowest BCUT2D eigenvalue weighted by molar-refractivity contribution is 0.100. The number of carbonyl (C=O) groups excluding carboxylic acids is 2. The van der Waals surface area contributed by atoms with E-state index in [2.05, 4.69) is 47.2 Å². The second-order valence-electron chi connectivity index (χ2n) is 6.77. The number of fused-ring (bicyclic) bond motifs is 2. The summed E-state index contributed by atoms with van der Waals surface area (Å²) in [5, 5.41) is 2.39. The lowest BCUT2D eigenvalue weighted by Crippen LogP contribution is -2.44. The molecule has 6 nitrogen and oxygen atoms in total. The number of urea groups is 1. The smallest absolute Gasteiger partial charge is 0.326 e. The quantitative estimate of drug-likeness (QED) is 0.735. The highest BCUT2D eigenvalue weighted by Gasteiger charge is 2.31. The molecule has 0 saturated carbocycles. The van der Waals surface area contributed by atoms with Crippen molar-refractivity contribution in [2.75, 3.05) is 11.9 Å². The Morgan fingerprint density at radius 2 is 2.08 bits per heavy atom. The first-order valence-electron chi connectivity index (χ1n) is 8.55. The molecule has 0 aliphatic carbocycles. The average molecular weight is 348 g/mol. The van der Waals surface area contributed by atoms with E-state index in [1.807, 2.05) is 6.07 Å². The van der Waals surface area contributed by atoms with Crippen LogP contribution in [0.25, 0.3) is 10.8 Å². The maximum atomic E-state index is 12.7. The maximum Gasteiger partial charge on any atom is 0.326 e. The highest BCUT2D eigenvalue weighted by atomic mass is 16.2. The topological polar surface area (TPSA) is 69.3 Å². The van der Waals surface area contributed by atoms with Gasteiger partial charge in [-0.05, 0) is 34.9 Å². The van der Waals surface area contributed by atoms with E-state index in [0.29, 0.717) is 18.9 Å². The minimum Gasteiger partial charge on any atom is -0.336 e. The van der Waals surface area contributed by atoms with Crippen molar-refractivity contribution in [2.45, 2.75) is 26.9 Å². The summed E-state index contributed by atoms with van der Waals surface area (Å²) in [6.45, 7) is 4.46. The Kier molecular flexibility index (Phi) is 3.76. The zero-order chi connectivity index (χ0) is 18.4. The van der Waals surface area contributed by atoms with Crippen LogP contribution in [-0.2, 0) is 13.1 Å². The van der Waals surface area contributed by atoms with Crippen LogP contribution in [0.5, 0.6) is 0 Å². The Balaban J connectivity index is 1.64. The molecule has 3 aromatic rings. The second kappa shape index (κ2) is 5.98. The van der Waals surface area contributed by atoms with Crippen molar-refractivity contribution in [1.29, 1.82) is 0 Å². The number of anilines is 1. The lowest BCUT2D eigenvalue weighted by Gasteiger charge is -2.32. The number of ketones is 1. The number of carbonyl (C=O) groups is 2. The van der Waals surface area contributed by atoms with Crippen molar-refractivity contribution in [3.63, 3.8) is 0 Å². The van der Waals surface area contributed by atoms with Gasteiger partial charge in [-0.2, -0.15) is 0 Å². The standard InChI is InChI=1S/C20H20N4O2/c1-12-5-4-6-15-9-14(7-8-16(12)15)10-24-11-17-19(23(3)20(24)26)22-18(21-17)13(2)25/h4-9H,10-11H2,1-3H3,(H,21,22). The largest absolute Gasteiger partial charge is 0.336 e. The molecule has 1 N–H and O–H groups in total. The van der Waals surface area contributed by atoms with Gasteiger partial charge in [0.05, 0.1) is 12.2 Å². The van der Waals surface area contributed by atoms with E-state index in [1.54, 1.807) is 11.9 Å². The lowest BCUT2D eigenvalue weighted by atomic mass is 10.0. The van der Waals surface area contributed by atoms with Crippen LogP contribution in [-0.4, -0.2) is 33.7 Å². The monoisotopic (exact) mass is 348 g/mol. The van der Waals surface area contributed by atoms with E-state index in [9.17, 15) is 9.59 Å². The number of rotatable bonds is 3. The van der Waals surface area contributed by atoms with Crippen LogP contribution in [0, 0.1) is 6.92 Å². The molecule has 0 spiro atoms. The molecule has 0 atom stereocenters. The number of benzene rings is 2. The van der Waals surface area contributed by atoms with Crippen molar-refractivity contribution in [3.8, 4) is 0 Å². The minimum atomic E-state index is -0.142. The van der Waals surface area contributed by atoms with E-state index in [4.69, 9.17) is 0 Å². The summed E-state index contributed by atoms with van der Waals surface area (Å²) < 4.78 is 0. The van der Waals surface area contributed by atoms with Gasteiger partial charge >= 0.3 is 6.03 Å². The van der Waals surface area contributed by atoms with Crippen molar-refractivity contribution in [2.24, 2.45) is 0 Å². The van der Waals surface area contributed by atoms with E-state index < -0.39 is 0 Å². The number of H-pyrrole nitrogens is 1. The minimum absolute atomic E-state index is 0.122. The fourth-order valence-electron chi connectivity index (χ4n) is 3.45. The van der Waals surface area contributed by atoms with Crippen LogP contribution in [0.2, 0.25) is 0 Å². The molecule has 0 unspecified atom stereocenters. The van der Waals surface area contributed by atoms with Gasteiger partial charge in [0, 0.05) is 20.5 Å². The predicted octanol–water partition coefficient (Wildman–Crippen LogP) is 3.65. The Hall–Kier alpha value is -3.15. The number of amides is 2. The number of nitrogens with one attached hydrogen (secondary N) is 1. The van der Waals surface area contributed by atoms with Crippen molar-refractivity contribution in [1.82, 2.24) is 14.9 Å². The average Bonchev–Trinajstić information content (AvgIpc) is 3.04. The van der Waals surface area contributed by atoms with E-state index in [-0.39, 0.29) is 17.6 Å². The van der Waals surface area contributed by atoms with Crippen LogP contribution < -0.4 is 4.90 Å². The first-order valence-corrected chi connectivity index (χ1v) is 8.55. The van der Waals surface area contributed by atoms with Gasteiger partial charge in [-0.15, -0.1) is 0 Å². The number of hydrogen-bond acceptors (Lipinski definition) is 3. The number of hydrogen-bond donors (Lipinski definition) is 1. The van der Waals surface area contributed by atoms with Gasteiger partial charge < -0.3 is 9.88 Å². The van der Waals surface area contributed by atoms with Crippen LogP contribution in [0.15, 0.2) is 36.4 Å². The van der Waals surface area contributed by atoms with E-state index in [0.717, 1.165) is 11.3 Å². The fourth-order valence-corrected chi connectivity index (χ4v) is 3.45. The number of aromatic amines is 1. The van der Waals surface area contributed by atoms with Crippen LogP contribution in [0.1, 0.15) is 34.4 Å². The predicted molar refractivity (Wildman–Crippen MR) is 100 cm³/mol. The summed E-state index contributed by atoms with van der Waals surface area (Å²) >= 11 is 0. The van der Waals surface area contributed by atoms with Gasteiger partial charge in [0.2, 0.25) is 0 Å². The third-order valence-electron chi connectivity index (χ3n) is 4.85. The van der Waals surface area contributed by atoms with Gasteiger partial charge in [0.1, 0.15) is 0 Å². The molecule has 2 aromatic carbocycles. The number of nitrogens with zero attached hydrogens (tertiary/aromatic N) is 3. The molecule has 6 heteroatoms. The summed E-state index contributed by atoms with van der Waals surface area (Å²) in [5.41, 5.74) is 3.09. The van der Waals surface area contributed by atoms with Gasteiger partial charge in [-0.25, -0.2) is 9.78 Å². The van der Waals surface area contributed by atoms with Gasteiger partial charge in [0.25, 0.3) is 0 Å². The Morgan fingerprint density at radius 1 is 1.27 bits per heavy atom. The summed E-state index contributed by atoms with van der Waals surface area (Å²) in [4.78, 5) is 34.8.